The average molecular weight is 263 g/mol. The lowest BCUT2D eigenvalue weighted by Gasteiger charge is -2.18. The summed E-state index contributed by atoms with van der Waals surface area (Å²) in [6.07, 6.45) is 1.37. The summed E-state index contributed by atoms with van der Waals surface area (Å²) >= 11 is 0. The molecule has 0 radical (unpaired) electrons. The zero-order chi connectivity index (χ0) is 14.3. The number of benzene rings is 1. The summed E-state index contributed by atoms with van der Waals surface area (Å²) in [6.45, 7) is 12.6. The Morgan fingerprint density at radius 3 is 2.21 bits per heavy atom. The molecular formula is C17H29NO. The van der Waals surface area contributed by atoms with Crippen LogP contribution in [-0.2, 0) is 17.8 Å². The van der Waals surface area contributed by atoms with Crippen molar-refractivity contribution in [1.29, 1.82) is 0 Å². The van der Waals surface area contributed by atoms with Crippen molar-refractivity contribution in [3.05, 3.63) is 35.4 Å². The summed E-state index contributed by atoms with van der Waals surface area (Å²) < 4.78 is 5.94. The van der Waals surface area contributed by atoms with E-state index in [1.165, 1.54) is 11.1 Å². The van der Waals surface area contributed by atoms with Crippen LogP contribution in [0.5, 0.6) is 0 Å². The minimum Gasteiger partial charge on any atom is -0.374 e. The predicted molar refractivity (Wildman–Crippen MR) is 82.4 cm³/mol. The molecule has 1 aromatic carbocycles. The average Bonchev–Trinajstić information content (AvgIpc) is 2.36. The summed E-state index contributed by atoms with van der Waals surface area (Å²) in [7, 11) is 0. The Hall–Kier alpha value is -0.860. The van der Waals surface area contributed by atoms with Gasteiger partial charge in [-0.25, -0.2) is 0 Å². The van der Waals surface area contributed by atoms with Crippen molar-refractivity contribution >= 4 is 0 Å². The predicted octanol–water partition coefficient (Wildman–Crippen LogP) is 3.79. The molecule has 0 saturated heterocycles. The van der Waals surface area contributed by atoms with E-state index in [1.54, 1.807) is 0 Å². The number of hydrogen-bond acceptors (Lipinski definition) is 2. The van der Waals surface area contributed by atoms with E-state index in [0.717, 1.165) is 19.6 Å². The van der Waals surface area contributed by atoms with Gasteiger partial charge in [0, 0.05) is 6.04 Å². The zero-order valence-electron chi connectivity index (χ0n) is 13.1. The highest BCUT2D eigenvalue weighted by atomic mass is 16.5. The number of hydrogen-bond donors (Lipinski definition) is 1. The van der Waals surface area contributed by atoms with Gasteiger partial charge in [0.05, 0.1) is 12.7 Å². The first-order chi connectivity index (χ1) is 9.00. The van der Waals surface area contributed by atoms with E-state index in [-0.39, 0.29) is 0 Å². The quantitative estimate of drug-likeness (QED) is 0.770. The van der Waals surface area contributed by atoms with E-state index in [9.17, 15) is 0 Å². The van der Waals surface area contributed by atoms with Gasteiger partial charge in [-0.15, -0.1) is 0 Å². The molecule has 19 heavy (non-hydrogen) atoms. The summed E-state index contributed by atoms with van der Waals surface area (Å²) in [6, 6.07) is 9.14. The van der Waals surface area contributed by atoms with Gasteiger partial charge in [-0.3, -0.25) is 0 Å². The maximum absolute atomic E-state index is 5.94. The highest BCUT2D eigenvalue weighted by Crippen LogP contribution is 2.14. The van der Waals surface area contributed by atoms with Crippen molar-refractivity contribution in [3.63, 3.8) is 0 Å². The van der Waals surface area contributed by atoms with Crippen LogP contribution in [0.3, 0.4) is 0 Å². The molecule has 108 valence electrons. The SMILES string of the molecule is CC(C)NCCc1ccccc1COC(C)C(C)C. The van der Waals surface area contributed by atoms with E-state index < -0.39 is 0 Å². The summed E-state index contributed by atoms with van der Waals surface area (Å²) in [5.74, 6) is 0.565. The number of ether oxygens (including phenoxy) is 1. The largest absolute Gasteiger partial charge is 0.374 e. The minimum atomic E-state index is 0.307. The van der Waals surface area contributed by atoms with Crippen LogP contribution in [0.15, 0.2) is 24.3 Å². The topological polar surface area (TPSA) is 21.3 Å². The molecule has 1 rings (SSSR count). The third kappa shape index (κ3) is 6.22. The van der Waals surface area contributed by atoms with Crippen LogP contribution in [0.25, 0.3) is 0 Å². The fourth-order valence-electron chi connectivity index (χ4n) is 1.85. The van der Waals surface area contributed by atoms with Crippen LogP contribution in [0.1, 0.15) is 45.7 Å². The standard InChI is InChI=1S/C17H29NO/c1-13(2)15(5)19-12-17-9-7-6-8-16(17)10-11-18-14(3)4/h6-9,13-15,18H,10-12H2,1-5H3. The Bertz CT molecular complexity index is 360. The van der Waals surface area contributed by atoms with E-state index in [0.29, 0.717) is 18.1 Å². The molecule has 0 amide bonds. The van der Waals surface area contributed by atoms with E-state index in [1.807, 2.05) is 0 Å². The lowest BCUT2D eigenvalue weighted by molar-refractivity contribution is 0.0232. The lowest BCUT2D eigenvalue weighted by Crippen LogP contribution is -2.25. The van der Waals surface area contributed by atoms with Crippen LogP contribution >= 0.6 is 0 Å². The molecule has 1 N–H and O–H groups in total. The van der Waals surface area contributed by atoms with Crippen molar-refractivity contribution in [2.45, 2.75) is 59.8 Å². The molecule has 0 spiro atoms. The Labute approximate surface area is 118 Å². The molecular weight excluding hydrogens is 234 g/mol. The van der Waals surface area contributed by atoms with Gasteiger partial charge in [-0.2, -0.15) is 0 Å². The van der Waals surface area contributed by atoms with E-state index >= 15 is 0 Å². The summed E-state index contributed by atoms with van der Waals surface area (Å²) in [4.78, 5) is 0. The summed E-state index contributed by atoms with van der Waals surface area (Å²) in [5, 5.41) is 3.46. The fraction of sp³-hybridized carbons (Fsp3) is 0.647. The Morgan fingerprint density at radius 2 is 1.63 bits per heavy atom. The molecule has 0 saturated carbocycles. The minimum absolute atomic E-state index is 0.307. The Kier molecular flexibility index (Phi) is 7.11. The first-order valence-electron chi connectivity index (χ1n) is 7.42. The van der Waals surface area contributed by atoms with Crippen molar-refractivity contribution in [2.75, 3.05) is 6.54 Å². The second-order valence-electron chi connectivity index (χ2n) is 5.89. The maximum atomic E-state index is 5.94. The van der Waals surface area contributed by atoms with Crippen molar-refractivity contribution in [2.24, 2.45) is 5.92 Å². The lowest BCUT2D eigenvalue weighted by atomic mass is 10.0. The van der Waals surface area contributed by atoms with Crippen LogP contribution in [0, 0.1) is 5.92 Å². The monoisotopic (exact) mass is 263 g/mol. The molecule has 2 heteroatoms. The highest BCUT2D eigenvalue weighted by Gasteiger charge is 2.09. The van der Waals surface area contributed by atoms with Crippen LogP contribution in [0.2, 0.25) is 0 Å². The van der Waals surface area contributed by atoms with Crippen LogP contribution < -0.4 is 5.32 Å². The Balaban J connectivity index is 2.52. The first kappa shape index (κ1) is 16.2. The van der Waals surface area contributed by atoms with Gasteiger partial charge in [0.2, 0.25) is 0 Å². The molecule has 0 aliphatic carbocycles. The van der Waals surface area contributed by atoms with Gasteiger partial charge in [-0.1, -0.05) is 52.0 Å². The third-order valence-electron chi connectivity index (χ3n) is 3.51. The summed E-state index contributed by atoms with van der Waals surface area (Å²) in [5.41, 5.74) is 2.71. The molecule has 0 aromatic heterocycles. The molecule has 1 unspecified atom stereocenters. The zero-order valence-corrected chi connectivity index (χ0v) is 13.1. The Morgan fingerprint density at radius 1 is 1.00 bits per heavy atom. The normalized spacial score (nSPS) is 13.2. The molecule has 2 nitrogen and oxygen atoms in total. The molecule has 0 aliphatic rings. The van der Waals surface area contributed by atoms with Crippen molar-refractivity contribution in [3.8, 4) is 0 Å². The van der Waals surface area contributed by atoms with E-state index in [4.69, 9.17) is 4.74 Å². The smallest absolute Gasteiger partial charge is 0.0723 e. The third-order valence-corrected chi connectivity index (χ3v) is 3.51. The second-order valence-corrected chi connectivity index (χ2v) is 5.89. The van der Waals surface area contributed by atoms with Gasteiger partial charge < -0.3 is 10.1 Å². The van der Waals surface area contributed by atoms with Crippen molar-refractivity contribution < 1.29 is 4.74 Å². The van der Waals surface area contributed by atoms with Gasteiger partial charge in [0.25, 0.3) is 0 Å². The molecule has 0 bridgehead atoms. The van der Waals surface area contributed by atoms with Gasteiger partial charge in [0.1, 0.15) is 0 Å². The number of rotatable bonds is 8. The maximum Gasteiger partial charge on any atom is 0.0723 e. The van der Waals surface area contributed by atoms with Gasteiger partial charge in [0.15, 0.2) is 0 Å². The fourth-order valence-corrected chi connectivity index (χ4v) is 1.85. The molecule has 0 fully saturated rings. The number of nitrogens with one attached hydrogen (secondary N) is 1. The molecule has 1 atom stereocenters. The molecule has 0 heterocycles. The van der Waals surface area contributed by atoms with E-state index in [2.05, 4.69) is 64.2 Å². The molecule has 1 aromatic rings. The van der Waals surface area contributed by atoms with Crippen LogP contribution in [-0.4, -0.2) is 18.7 Å². The van der Waals surface area contributed by atoms with Gasteiger partial charge >= 0.3 is 0 Å². The van der Waals surface area contributed by atoms with Crippen molar-refractivity contribution in [1.82, 2.24) is 5.32 Å². The highest BCUT2D eigenvalue weighted by molar-refractivity contribution is 5.26. The first-order valence-corrected chi connectivity index (χ1v) is 7.42. The van der Waals surface area contributed by atoms with Gasteiger partial charge in [-0.05, 0) is 36.9 Å². The van der Waals surface area contributed by atoms with Crippen LogP contribution in [0.4, 0.5) is 0 Å². The molecule has 0 aliphatic heterocycles. The second kappa shape index (κ2) is 8.34.